The van der Waals surface area contributed by atoms with Crippen molar-refractivity contribution in [2.24, 2.45) is 0 Å². The first kappa shape index (κ1) is 22.2. The summed E-state index contributed by atoms with van der Waals surface area (Å²) in [6.45, 7) is 0. The second-order valence-corrected chi connectivity index (χ2v) is 7.07. The molecule has 3 rings (SSSR count). The third kappa shape index (κ3) is 5.00. The summed E-state index contributed by atoms with van der Waals surface area (Å²) in [5, 5.41) is 0. The molecular formula is C26H28O5. The molecule has 5 nitrogen and oxygen atoms in total. The molecule has 0 fully saturated rings. The highest BCUT2D eigenvalue weighted by Crippen LogP contribution is 2.40. The molecular weight excluding hydrogens is 392 g/mol. The van der Waals surface area contributed by atoms with Crippen LogP contribution in [0.3, 0.4) is 0 Å². The standard InChI is InChI=1S/C26H28O5/c1-28-22-11-7-5-9-19(22)15-13-18-14-16-24(30-3)25(26(27)31-4)21(17-18)20-10-6-8-12-23(20)29-2/h5-13,15,17,21H,14,16H2,1-4H3/b15-13+/t21-/m1/s1. The quantitative estimate of drug-likeness (QED) is 0.570. The fourth-order valence-electron chi connectivity index (χ4n) is 3.82. The molecule has 162 valence electrons. The summed E-state index contributed by atoms with van der Waals surface area (Å²) in [6, 6.07) is 15.5. The third-order valence-corrected chi connectivity index (χ3v) is 5.37. The van der Waals surface area contributed by atoms with E-state index in [2.05, 4.69) is 12.2 Å². The number of carbonyl (C=O) groups excluding carboxylic acids is 1. The summed E-state index contributed by atoms with van der Waals surface area (Å²) in [6.07, 6.45) is 7.49. The topological polar surface area (TPSA) is 54.0 Å². The van der Waals surface area contributed by atoms with Gasteiger partial charge in [-0.2, -0.15) is 0 Å². The Balaban J connectivity index is 2.10. The molecule has 2 aromatic rings. The average Bonchev–Trinajstić information content (AvgIpc) is 3.01. The minimum Gasteiger partial charge on any atom is -0.500 e. The van der Waals surface area contributed by atoms with Crippen LogP contribution >= 0.6 is 0 Å². The Bertz CT molecular complexity index is 1020. The van der Waals surface area contributed by atoms with Crippen molar-refractivity contribution in [1.82, 2.24) is 0 Å². The lowest BCUT2D eigenvalue weighted by atomic mass is 9.88. The summed E-state index contributed by atoms with van der Waals surface area (Å²) in [7, 11) is 6.26. The van der Waals surface area contributed by atoms with Gasteiger partial charge in [-0.3, -0.25) is 0 Å². The van der Waals surface area contributed by atoms with Crippen LogP contribution in [0.2, 0.25) is 0 Å². The first-order chi connectivity index (χ1) is 15.1. The van der Waals surface area contributed by atoms with Crippen molar-refractivity contribution in [2.75, 3.05) is 28.4 Å². The van der Waals surface area contributed by atoms with E-state index in [9.17, 15) is 4.79 Å². The average molecular weight is 421 g/mol. The Hall–Kier alpha value is -3.47. The van der Waals surface area contributed by atoms with Crippen LogP contribution in [0, 0.1) is 0 Å². The molecule has 0 bridgehead atoms. The number of allylic oxidation sites excluding steroid dienone is 4. The van der Waals surface area contributed by atoms with Gasteiger partial charge < -0.3 is 18.9 Å². The summed E-state index contributed by atoms with van der Waals surface area (Å²) >= 11 is 0. The zero-order chi connectivity index (χ0) is 22.2. The first-order valence-corrected chi connectivity index (χ1v) is 10.1. The van der Waals surface area contributed by atoms with Gasteiger partial charge in [0.05, 0.1) is 34.0 Å². The fourth-order valence-corrected chi connectivity index (χ4v) is 3.82. The molecule has 31 heavy (non-hydrogen) atoms. The molecule has 0 saturated carbocycles. The predicted octanol–water partition coefficient (Wildman–Crippen LogP) is 5.29. The lowest BCUT2D eigenvalue weighted by molar-refractivity contribution is -0.136. The van der Waals surface area contributed by atoms with Crippen LogP contribution < -0.4 is 9.47 Å². The molecule has 0 radical (unpaired) electrons. The van der Waals surface area contributed by atoms with E-state index in [1.807, 2.05) is 54.6 Å². The Labute approximate surface area is 183 Å². The van der Waals surface area contributed by atoms with E-state index in [0.717, 1.165) is 28.9 Å². The van der Waals surface area contributed by atoms with Gasteiger partial charge in [0.15, 0.2) is 0 Å². The van der Waals surface area contributed by atoms with Gasteiger partial charge >= 0.3 is 5.97 Å². The maximum absolute atomic E-state index is 12.8. The largest absolute Gasteiger partial charge is 0.500 e. The van der Waals surface area contributed by atoms with Crippen LogP contribution in [0.25, 0.3) is 6.08 Å². The molecule has 5 heteroatoms. The minimum absolute atomic E-state index is 0.363. The van der Waals surface area contributed by atoms with Gasteiger partial charge in [0.25, 0.3) is 0 Å². The van der Waals surface area contributed by atoms with Gasteiger partial charge in [-0.1, -0.05) is 60.2 Å². The van der Waals surface area contributed by atoms with Crippen LogP contribution in [0.5, 0.6) is 11.5 Å². The van der Waals surface area contributed by atoms with Gasteiger partial charge in [0.2, 0.25) is 0 Å². The lowest BCUT2D eigenvalue weighted by Crippen LogP contribution is -2.15. The molecule has 0 unspecified atom stereocenters. The van der Waals surface area contributed by atoms with E-state index < -0.39 is 5.97 Å². The number of esters is 1. The molecule has 0 saturated heterocycles. The maximum atomic E-state index is 12.8. The third-order valence-electron chi connectivity index (χ3n) is 5.37. The monoisotopic (exact) mass is 420 g/mol. The number of carbonyl (C=O) groups is 1. The molecule has 0 N–H and O–H groups in total. The second kappa shape index (κ2) is 10.5. The lowest BCUT2D eigenvalue weighted by Gasteiger charge is -2.20. The molecule has 1 aliphatic carbocycles. The molecule has 2 aromatic carbocycles. The molecule has 0 aliphatic heterocycles. The minimum atomic E-state index is -0.404. The number of methoxy groups -OCH3 is 4. The van der Waals surface area contributed by atoms with E-state index in [0.29, 0.717) is 23.5 Å². The van der Waals surface area contributed by atoms with Crippen LogP contribution in [0.1, 0.15) is 29.9 Å². The summed E-state index contributed by atoms with van der Waals surface area (Å²) < 4.78 is 21.8. The van der Waals surface area contributed by atoms with Gasteiger partial charge in [-0.25, -0.2) is 4.79 Å². The van der Waals surface area contributed by atoms with Crippen molar-refractivity contribution < 1.29 is 23.7 Å². The van der Waals surface area contributed by atoms with Crippen molar-refractivity contribution in [3.63, 3.8) is 0 Å². The molecule has 0 aromatic heterocycles. The van der Waals surface area contributed by atoms with Crippen molar-refractivity contribution >= 4 is 12.0 Å². The van der Waals surface area contributed by atoms with Gasteiger partial charge in [-0.15, -0.1) is 0 Å². The van der Waals surface area contributed by atoms with Crippen molar-refractivity contribution in [3.8, 4) is 11.5 Å². The zero-order valence-electron chi connectivity index (χ0n) is 18.4. The Morgan fingerprint density at radius 2 is 1.52 bits per heavy atom. The van der Waals surface area contributed by atoms with E-state index in [4.69, 9.17) is 18.9 Å². The number of ether oxygens (including phenoxy) is 4. The maximum Gasteiger partial charge on any atom is 0.338 e. The smallest absolute Gasteiger partial charge is 0.338 e. The number of hydrogen-bond donors (Lipinski definition) is 0. The van der Waals surface area contributed by atoms with Crippen molar-refractivity contribution in [3.05, 3.63) is 88.7 Å². The van der Waals surface area contributed by atoms with E-state index in [-0.39, 0.29) is 5.92 Å². The fraction of sp³-hybridized carbons (Fsp3) is 0.269. The summed E-state index contributed by atoms with van der Waals surface area (Å²) in [5.41, 5.74) is 3.44. The van der Waals surface area contributed by atoms with Crippen LogP contribution in [-0.2, 0) is 14.3 Å². The molecule has 0 spiro atoms. The van der Waals surface area contributed by atoms with Gasteiger partial charge in [0, 0.05) is 23.5 Å². The van der Waals surface area contributed by atoms with Crippen LogP contribution in [-0.4, -0.2) is 34.4 Å². The predicted molar refractivity (Wildman–Crippen MR) is 121 cm³/mol. The number of rotatable bonds is 7. The SMILES string of the molecule is COC(=O)C1=C(OC)CCC(/C=C/c2ccccc2OC)=C[C@@H]1c1ccccc1OC. The van der Waals surface area contributed by atoms with E-state index >= 15 is 0 Å². The van der Waals surface area contributed by atoms with Gasteiger partial charge in [0.1, 0.15) is 17.3 Å². The summed E-state index contributed by atoms with van der Waals surface area (Å²) in [4.78, 5) is 12.8. The summed E-state index contributed by atoms with van der Waals surface area (Å²) in [5.74, 6) is 1.37. The second-order valence-electron chi connectivity index (χ2n) is 7.07. The Morgan fingerprint density at radius 3 is 2.19 bits per heavy atom. The van der Waals surface area contributed by atoms with E-state index in [1.54, 1.807) is 21.3 Å². The van der Waals surface area contributed by atoms with Crippen molar-refractivity contribution in [2.45, 2.75) is 18.8 Å². The number of para-hydroxylation sites is 2. The zero-order valence-corrected chi connectivity index (χ0v) is 18.4. The molecule has 0 amide bonds. The van der Waals surface area contributed by atoms with Crippen LogP contribution in [0.4, 0.5) is 0 Å². The highest BCUT2D eigenvalue weighted by Gasteiger charge is 2.30. The first-order valence-electron chi connectivity index (χ1n) is 10.1. The molecule has 1 atom stereocenters. The van der Waals surface area contributed by atoms with Gasteiger partial charge in [-0.05, 0) is 18.6 Å². The number of hydrogen-bond acceptors (Lipinski definition) is 5. The number of benzene rings is 2. The van der Waals surface area contributed by atoms with E-state index in [1.165, 1.54) is 7.11 Å². The highest BCUT2D eigenvalue weighted by molar-refractivity contribution is 5.92. The molecule has 0 heterocycles. The molecule has 1 aliphatic rings. The highest BCUT2D eigenvalue weighted by atomic mass is 16.5. The normalized spacial score (nSPS) is 16.5. The van der Waals surface area contributed by atoms with Crippen molar-refractivity contribution in [1.29, 1.82) is 0 Å². The Morgan fingerprint density at radius 1 is 0.839 bits per heavy atom. The Kier molecular flexibility index (Phi) is 7.55. The van der Waals surface area contributed by atoms with Crippen LogP contribution in [0.15, 0.2) is 77.6 Å².